The second kappa shape index (κ2) is 7.54. The van der Waals surface area contributed by atoms with Gasteiger partial charge in [-0.15, -0.1) is 0 Å². The predicted molar refractivity (Wildman–Crippen MR) is 104 cm³/mol. The van der Waals surface area contributed by atoms with Crippen molar-refractivity contribution in [2.45, 2.75) is 24.7 Å². The normalized spacial score (nSPS) is 21.5. The number of nitrogens with two attached hydrogens (primary N) is 1. The Labute approximate surface area is 167 Å². The highest BCUT2D eigenvalue weighted by Crippen LogP contribution is 2.47. The molecule has 4 rings (SSSR count). The van der Waals surface area contributed by atoms with Crippen LogP contribution in [0.4, 0.5) is 4.39 Å². The minimum absolute atomic E-state index is 0.0382. The van der Waals surface area contributed by atoms with E-state index in [0.29, 0.717) is 23.3 Å². The number of methoxy groups -OCH3 is 1. The fourth-order valence-electron chi connectivity index (χ4n) is 4.07. The van der Waals surface area contributed by atoms with Crippen LogP contribution in [-0.4, -0.2) is 18.9 Å². The van der Waals surface area contributed by atoms with Crippen molar-refractivity contribution in [2.75, 3.05) is 7.11 Å². The second-order valence-electron chi connectivity index (χ2n) is 7.13. The third kappa shape index (κ3) is 3.42. The molecule has 2 aliphatic rings. The fourth-order valence-corrected chi connectivity index (χ4v) is 4.07. The lowest BCUT2D eigenvalue weighted by Crippen LogP contribution is -2.32. The summed E-state index contributed by atoms with van der Waals surface area (Å²) in [5.41, 5.74) is 8.15. The van der Waals surface area contributed by atoms with Gasteiger partial charge >= 0.3 is 5.97 Å². The van der Waals surface area contributed by atoms with Crippen LogP contribution in [0.2, 0.25) is 0 Å². The Morgan fingerprint density at radius 1 is 1.07 bits per heavy atom. The molecule has 2 N–H and O–H groups in total. The molecular weight excluding hydrogens is 373 g/mol. The summed E-state index contributed by atoms with van der Waals surface area (Å²) in [6.07, 6.45) is 0.774. The number of carbonyl (C=O) groups excluding carboxylic acids is 2. The van der Waals surface area contributed by atoms with E-state index in [1.807, 2.05) is 30.3 Å². The lowest BCUT2D eigenvalue weighted by molar-refractivity contribution is -0.136. The molecule has 1 aliphatic heterocycles. The second-order valence-corrected chi connectivity index (χ2v) is 7.13. The minimum atomic E-state index is -0.754. The summed E-state index contributed by atoms with van der Waals surface area (Å²) in [6.45, 7) is 0. The molecule has 0 saturated heterocycles. The van der Waals surface area contributed by atoms with Crippen LogP contribution in [0.25, 0.3) is 0 Å². The van der Waals surface area contributed by atoms with Gasteiger partial charge in [0.25, 0.3) is 0 Å². The molecule has 1 aliphatic carbocycles. The highest BCUT2D eigenvalue weighted by atomic mass is 19.1. The van der Waals surface area contributed by atoms with Gasteiger partial charge in [0.1, 0.15) is 17.1 Å². The topological polar surface area (TPSA) is 78.6 Å². The van der Waals surface area contributed by atoms with Crippen molar-refractivity contribution in [3.63, 3.8) is 0 Å². The maximum atomic E-state index is 13.5. The molecule has 0 amide bonds. The number of ether oxygens (including phenoxy) is 2. The minimum Gasteiger partial charge on any atom is -0.465 e. The average molecular weight is 393 g/mol. The number of hydrogen-bond donors (Lipinski definition) is 1. The van der Waals surface area contributed by atoms with Crippen LogP contribution < -0.4 is 5.73 Å². The van der Waals surface area contributed by atoms with Crippen molar-refractivity contribution >= 4 is 11.8 Å². The number of carbonyl (C=O) groups is 2. The molecule has 6 heteroatoms. The molecule has 29 heavy (non-hydrogen) atoms. The van der Waals surface area contributed by atoms with Gasteiger partial charge in [-0.1, -0.05) is 42.5 Å². The number of Topliss-reactive ketones (excluding diaryl/α,β-unsaturated/α-hetero) is 1. The lowest BCUT2D eigenvalue weighted by Gasteiger charge is -2.35. The quantitative estimate of drug-likeness (QED) is 0.805. The van der Waals surface area contributed by atoms with Gasteiger partial charge in [0.05, 0.1) is 13.0 Å². The first kappa shape index (κ1) is 18.9. The molecule has 5 nitrogen and oxygen atoms in total. The smallest absolute Gasteiger partial charge is 0.340 e. The van der Waals surface area contributed by atoms with Gasteiger partial charge in [-0.3, -0.25) is 4.79 Å². The highest BCUT2D eigenvalue weighted by Gasteiger charge is 2.43. The Bertz CT molecular complexity index is 1020. The van der Waals surface area contributed by atoms with Gasteiger partial charge in [-0.05, 0) is 29.2 Å². The van der Waals surface area contributed by atoms with E-state index in [9.17, 15) is 14.0 Å². The molecule has 0 bridgehead atoms. The largest absolute Gasteiger partial charge is 0.465 e. The monoisotopic (exact) mass is 393 g/mol. The molecule has 0 spiro atoms. The molecule has 1 heterocycles. The number of allylic oxidation sites excluding steroid dienone is 2. The Hall–Kier alpha value is -3.41. The zero-order valence-corrected chi connectivity index (χ0v) is 15.9. The van der Waals surface area contributed by atoms with Crippen molar-refractivity contribution in [1.29, 1.82) is 0 Å². The van der Waals surface area contributed by atoms with Gasteiger partial charge in [-0.2, -0.15) is 0 Å². The van der Waals surface area contributed by atoms with Gasteiger partial charge in [0, 0.05) is 18.4 Å². The standard InChI is InChI=1S/C23H20FNO4/c1-28-23(27)21-19(14-7-9-16(24)10-8-14)20-17(26)11-15(12-18(20)29-22(21)25)13-5-3-2-4-6-13/h2-10,15,19H,11-12,25H2,1H3/t15-,19-/m0/s1. The maximum absolute atomic E-state index is 13.5. The van der Waals surface area contributed by atoms with E-state index < -0.39 is 17.7 Å². The van der Waals surface area contributed by atoms with Crippen molar-refractivity contribution < 1.29 is 23.5 Å². The van der Waals surface area contributed by atoms with Crippen molar-refractivity contribution in [1.82, 2.24) is 0 Å². The van der Waals surface area contributed by atoms with E-state index in [0.717, 1.165) is 5.56 Å². The van der Waals surface area contributed by atoms with Crippen LogP contribution in [0, 0.1) is 5.82 Å². The summed E-state index contributed by atoms with van der Waals surface area (Å²) < 4.78 is 24.1. The van der Waals surface area contributed by atoms with Crippen molar-refractivity contribution in [2.24, 2.45) is 5.73 Å². The van der Waals surface area contributed by atoms with Crippen molar-refractivity contribution in [3.8, 4) is 0 Å². The zero-order valence-electron chi connectivity index (χ0n) is 15.9. The molecule has 0 aromatic heterocycles. The van der Waals surface area contributed by atoms with Gasteiger partial charge in [0.2, 0.25) is 5.88 Å². The third-order valence-electron chi connectivity index (χ3n) is 5.42. The zero-order chi connectivity index (χ0) is 20.5. The summed E-state index contributed by atoms with van der Waals surface area (Å²) in [5.74, 6) is -1.64. The molecule has 0 radical (unpaired) electrons. The molecule has 0 unspecified atom stereocenters. The van der Waals surface area contributed by atoms with E-state index in [4.69, 9.17) is 15.2 Å². The Morgan fingerprint density at radius 3 is 2.41 bits per heavy atom. The van der Waals surface area contributed by atoms with Crippen LogP contribution >= 0.6 is 0 Å². The third-order valence-corrected chi connectivity index (χ3v) is 5.42. The Kier molecular flexibility index (Phi) is 4.92. The summed E-state index contributed by atoms with van der Waals surface area (Å²) in [6, 6.07) is 15.4. The van der Waals surface area contributed by atoms with E-state index >= 15 is 0 Å². The van der Waals surface area contributed by atoms with Crippen LogP contribution in [0.15, 0.2) is 77.4 Å². The highest BCUT2D eigenvalue weighted by molar-refractivity contribution is 6.03. The number of halogens is 1. The summed E-state index contributed by atoms with van der Waals surface area (Å²) in [5, 5.41) is 0. The number of rotatable bonds is 3. The van der Waals surface area contributed by atoms with Crippen LogP contribution in [0.3, 0.4) is 0 Å². The molecule has 2 aromatic carbocycles. The average Bonchev–Trinajstić information content (AvgIpc) is 2.73. The summed E-state index contributed by atoms with van der Waals surface area (Å²) >= 11 is 0. The predicted octanol–water partition coefficient (Wildman–Crippen LogP) is 3.68. The molecule has 0 saturated carbocycles. The summed E-state index contributed by atoms with van der Waals surface area (Å²) in [7, 11) is 1.24. The van der Waals surface area contributed by atoms with Crippen LogP contribution in [-0.2, 0) is 19.1 Å². The van der Waals surface area contributed by atoms with Gasteiger partial charge < -0.3 is 15.2 Å². The SMILES string of the molecule is COC(=O)C1=C(N)OC2=C(C(=O)C[C@H](c3ccccc3)C2)[C@@H]1c1ccc(F)cc1. The number of esters is 1. The van der Waals surface area contributed by atoms with Crippen LogP contribution in [0.1, 0.15) is 35.8 Å². The van der Waals surface area contributed by atoms with Crippen LogP contribution in [0.5, 0.6) is 0 Å². The van der Waals surface area contributed by atoms with Gasteiger partial charge in [-0.25, -0.2) is 9.18 Å². The molecule has 148 valence electrons. The number of ketones is 1. The number of hydrogen-bond acceptors (Lipinski definition) is 5. The first-order chi connectivity index (χ1) is 14.0. The maximum Gasteiger partial charge on any atom is 0.340 e. The summed E-state index contributed by atoms with van der Waals surface area (Å²) in [4.78, 5) is 25.6. The van der Waals surface area contributed by atoms with E-state index in [1.54, 1.807) is 12.1 Å². The first-order valence-corrected chi connectivity index (χ1v) is 9.32. The van der Waals surface area contributed by atoms with Gasteiger partial charge in [0.15, 0.2) is 5.78 Å². The van der Waals surface area contributed by atoms with E-state index in [2.05, 4.69) is 0 Å². The Balaban J connectivity index is 1.81. The molecule has 2 atom stereocenters. The Morgan fingerprint density at radius 2 is 1.76 bits per heavy atom. The molecular formula is C23H20FNO4. The fraction of sp³-hybridized carbons (Fsp3) is 0.217. The number of benzene rings is 2. The first-order valence-electron chi connectivity index (χ1n) is 9.32. The molecule has 0 fully saturated rings. The lowest BCUT2D eigenvalue weighted by atomic mass is 9.73. The van der Waals surface area contributed by atoms with E-state index in [-0.39, 0.29) is 29.6 Å². The van der Waals surface area contributed by atoms with E-state index in [1.165, 1.54) is 19.2 Å². The van der Waals surface area contributed by atoms with Crippen molar-refractivity contribution in [3.05, 3.63) is 94.3 Å². The molecule has 2 aromatic rings.